The molecule has 0 bridgehead atoms. The molecule has 0 amide bonds. The van der Waals surface area contributed by atoms with Crippen LogP contribution in [0.1, 0.15) is 0 Å². The molecule has 1 aromatic rings. The molecule has 1 aliphatic heterocycles. The van der Waals surface area contributed by atoms with E-state index in [0.717, 1.165) is 6.34 Å². The summed E-state index contributed by atoms with van der Waals surface area (Å²) < 4.78 is 11.9. The largest absolute Gasteiger partial charge is 0.275 e. The molecule has 0 saturated carbocycles. The van der Waals surface area contributed by atoms with Crippen LogP contribution in [0.25, 0.3) is 0 Å². The lowest BCUT2D eigenvalue weighted by atomic mass is 10.3. The van der Waals surface area contributed by atoms with Crippen molar-refractivity contribution in [1.82, 2.24) is 4.47 Å². The van der Waals surface area contributed by atoms with Gasteiger partial charge in [0.05, 0.1) is 10.6 Å². The van der Waals surface area contributed by atoms with Gasteiger partial charge in [0.1, 0.15) is 6.34 Å². The highest BCUT2D eigenvalue weighted by atomic mass is 32.2. The molecule has 12 heavy (non-hydrogen) atoms. The van der Waals surface area contributed by atoms with Crippen molar-refractivity contribution in [3.05, 3.63) is 24.3 Å². The van der Waals surface area contributed by atoms with E-state index in [2.05, 4.69) is 4.99 Å². The van der Waals surface area contributed by atoms with Gasteiger partial charge < -0.3 is 0 Å². The average molecular weight is 182 g/mol. The number of hydroxylamine groups is 1. The highest BCUT2D eigenvalue weighted by molar-refractivity contribution is 7.83. The maximum absolute atomic E-state index is 11.3. The number of hydrogen-bond acceptors (Lipinski definition) is 3. The summed E-state index contributed by atoms with van der Waals surface area (Å²) in [4.78, 5) is 4.41. The van der Waals surface area contributed by atoms with Crippen molar-refractivity contribution in [2.45, 2.75) is 4.90 Å². The Morgan fingerprint density at radius 2 is 2.17 bits per heavy atom. The van der Waals surface area contributed by atoms with Crippen LogP contribution in [0.2, 0.25) is 0 Å². The number of hydrogen-bond donors (Lipinski definition) is 1. The molecule has 1 heterocycles. The predicted molar refractivity (Wildman–Crippen MR) is 44.6 cm³/mol. The Morgan fingerprint density at radius 3 is 3.00 bits per heavy atom. The second-order valence-corrected chi connectivity index (χ2v) is 3.58. The highest BCUT2D eigenvalue weighted by Crippen LogP contribution is 2.25. The molecule has 2 rings (SSSR count). The van der Waals surface area contributed by atoms with Gasteiger partial charge in [0.25, 0.3) is 0 Å². The summed E-state index contributed by atoms with van der Waals surface area (Å²) >= 11 is 0. The van der Waals surface area contributed by atoms with Gasteiger partial charge >= 0.3 is 0 Å². The first-order valence-electron chi connectivity index (χ1n) is 3.32. The zero-order valence-corrected chi connectivity index (χ0v) is 6.86. The van der Waals surface area contributed by atoms with Gasteiger partial charge in [0.2, 0.25) is 0 Å². The molecule has 1 atom stereocenters. The predicted octanol–water partition coefficient (Wildman–Crippen LogP) is 1.07. The van der Waals surface area contributed by atoms with E-state index in [1.165, 1.54) is 0 Å². The van der Waals surface area contributed by atoms with E-state index in [0.29, 0.717) is 15.1 Å². The zero-order chi connectivity index (χ0) is 8.55. The molecule has 1 aromatic carbocycles. The molecule has 0 saturated heterocycles. The van der Waals surface area contributed by atoms with Crippen LogP contribution in [0, 0.1) is 0 Å². The Labute approximate surface area is 71.7 Å². The van der Waals surface area contributed by atoms with Crippen LogP contribution in [0.15, 0.2) is 34.2 Å². The molecule has 0 spiro atoms. The number of rotatable bonds is 0. The Bertz CT molecular complexity index is 364. The molecule has 1 N–H and O–H groups in total. The summed E-state index contributed by atoms with van der Waals surface area (Å²) in [6.07, 6.45) is 1.14. The van der Waals surface area contributed by atoms with E-state index in [1.807, 2.05) is 0 Å². The fourth-order valence-corrected chi connectivity index (χ4v) is 1.80. The Morgan fingerprint density at radius 1 is 1.42 bits per heavy atom. The first kappa shape index (κ1) is 7.45. The van der Waals surface area contributed by atoms with Crippen LogP contribution in [0.5, 0.6) is 0 Å². The van der Waals surface area contributed by atoms with E-state index >= 15 is 0 Å². The number of nitrogens with zero attached hydrogens (tertiary/aromatic N) is 2. The molecule has 0 radical (unpaired) electrons. The minimum absolute atomic E-state index is 0.530. The quantitative estimate of drug-likeness (QED) is 0.652. The van der Waals surface area contributed by atoms with Crippen LogP contribution < -0.4 is 0 Å². The van der Waals surface area contributed by atoms with E-state index in [1.54, 1.807) is 24.3 Å². The minimum Gasteiger partial charge on any atom is -0.275 e. The van der Waals surface area contributed by atoms with E-state index in [9.17, 15) is 4.21 Å². The number of aliphatic imine (C=N–C) groups is 1. The van der Waals surface area contributed by atoms with E-state index < -0.39 is 11.0 Å². The first-order chi connectivity index (χ1) is 5.79. The monoisotopic (exact) mass is 182 g/mol. The summed E-state index contributed by atoms with van der Waals surface area (Å²) in [5, 5.41) is 9.01. The second kappa shape index (κ2) is 2.69. The van der Waals surface area contributed by atoms with Gasteiger partial charge in [-0.2, -0.15) is 4.47 Å². The molecule has 62 valence electrons. The van der Waals surface area contributed by atoms with Crippen molar-refractivity contribution in [3.8, 4) is 0 Å². The lowest BCUT2D eigenvalue weighted by molar-refractivity contribution is 0.0921. The van der Waals surface area contributed by atoms with Crippen LogP contribution in [-0.4, -0.2) is 20.2 Å². The van der Waals surface area contributed by atoms with E-state index in [-0.39, 0.29) is 0 Å². The summed E-state index contributed by atoms with van der Waals surface area (Å²) in [7, 11) is -1.52. The van der Waals surface area contributed by atoms with Gasteiger partial charge in [-0.15, -0.1) is 0 Å². The van der Waals surface area contributed by atoms with Gasteiger partial charge in [-0.1, -0.05) is 12.1 Å². The molecule has 1 aliphatic rings. The van der Waals surface area contributed by atoms with Crippen molar-refractivity contribution < 1.29 is 9.42 Å². The fourth-order valence-electron chi connectivity index (χ4n) is 0.967. The molecule has 0 aromatic heterocycles. The van der Waals surface area contributed by atoms with Crippen LogP contribution in [-0.2, 0) is 11.0 Å². The van der Waals surface area contributed by atoms with Crippen molar-refractivity contribution in [1.29, 1.82) is 0 Å². The Hall–Kier alpha value is -1.20. The number of benzene rings is 1. The average Bonchev–Trinajstić information content (AvgIpc) is 2.12. The maximum atomic E-state index is 11.3. The lowest BCUT2D eigenvalue weighted by Gasteiger charge is -2.15. The van der Waals surface area contributed by atoms with Gasteiger partial charge in [0.15, 0.2) is 11.0 Å². The van der Waals surface area contributed by atoms with Crippen molar-refractivity contribution in [2.24, 2.45) is 4.99 Å². The lowest BCUT2D eigenvalue weighted by Crippen LogP contribution is -2.22. The Balaban J connectivity index is 2.59. The zero-order valence-electron chi connectivity index (χ0n) is 6.04. The van der Waals surface area contributed by atoms with Crippen LogP contribution in [0.4, 0.5) is 5.69 Å². The molecule has 0 aliphatic carbocycles. The minimum atomic E-state index is -1.52. The molecule has 0 fully saturated rings. The van der Waals surface area contributed by atoms with Crippen LogP contribution in [0.3, 0.4) is 0 Å². The fraction of sp³-hybridized carbons (Fsp3) is 0. The van der Waals surface area contributed by atoms with E-state index in [4.69, 9.17) is 5.21 Å². The van der Waals surface area contributed by atoms with Crippen LogP contribution >= 0.6 is 0 Å². The van der Waals surface area contributed by atoms with Gasteiger partial charge in [-0.25, -0.2) is 9.20 Å². The third kappa shape index (κ3) is 1.03. The number of para-hydroxylation sites is 1. The SMILES string of the molecule is O=S1c2ccccc2N=CN1O. The first-order valence-corrected chi connectivity index (χ1v) is 4.43. The summed E-state index contributed by atoms with van der Waals surface area (Å²) in [5.41, 5.74) is 0.640. The second-order valence-electron chi connectivity index (χ2n) is 2.26. The third-order valence-electron chi connectivity index (χ3n) is 1.52. The third-order valence-corrected chi connectivity index (χ3v) is 2.67. The topological polar surface area (TPSA) is 52.9 Å². The Kier molecular flexibility index (Phi) is 1.67. The molecular weight excluding hydrogens is 176 g/mol. The highest BCUT2D eigenvalue weighted by Gasteiger charge is 2.17. The smallest absolute Gasteiger partial charge is 0.180 e. The van der Waals surface area contributed by atoms with Gasteiger partial charge in [-0.05, 0) is 12.1 Å². The summed E-state index contributed by atoms with van der Waals surface area (Å²) in [5.74, 6) is 0. The number of fused-ring (bicyclic) bond motifs is 1. The molecule has 1 unspecified atom stereocenters. The van der Waals surface area contributed by atoms with Gasteiger partial charge in [0, 0.05) is 0 Å². The standard InChI is InChI=1S/C7H6N2O2S/c10-9-5-8-6-3-1-2-4-7(6)12(9)11/h1-5,10H. The maximum Gasteiger partial charge on any atom is 0.180 e. The molecule has 5 heteroatoms. The molecule has 4 nitrogen and oxygen atoms in total. The normalized spacial score (nSPS) is 20.8. The molecular formula is C7H6N2O2S. The summed E-state index contributed by atoms with van der Waals surface area (Å²) in [6.45, 7) is 0. The van der Waals surface area contributed by atoms with Crippen molar-refractivity contribution in [2.75, 3.05) is 0 Å². The summed E-state index contributed by atoms with van der Waals surface area (Å²) in [6, 6.07) is 6.98. The van der Waals surface area contributed by atoms with Crippen molar-refractivity contribution >= 4 is 23.0 Å². The van der Waals surface area contributed by atoms with Crippen molar-refractivity contribution in [3.63, 3.8) is 0 Å². The van der Waals surface area contributed by atoms with Gasteiger partial charge in [-0.3, -0.25) is 5.21 Å².